The number of carboxylic acid groups (broad SMARTS) is 1. The van der Waals surface area contributed by atoms with Crippen LogP contribution in [0.5, 0.6) is 0 Å². The highest BCUT2D eigenvalue weighted by Gasteiger charge is 2.65. The maximum Gasteiger partial charge on any atom is 0.407 e. The lowest BCUT2D eigenvalue weighted by atomic mass is 9.98. The molecule has 2 aromatic carbocycles. The first kappa shape index (κ1) is 23.4. The maximum atomic E-state index is 13.0. The molecule has 0 unspecified atom stereocenters. The van der Waals surface area contributed by atoms with E-state index in [1.165, 1.54) is 0 Å². The van der Waals surface area contributed by atoms with E-state index in [0.717, 1.165) is 22.3 Å². The number of carbonyl (C=O) groups excluding carboxylic acids is 2. The summed E-state index contributed by atoms with van der Waals surface area (Å²) in [5, 5.41) is 15.2. The fraction of sp³-hybridized carbons (Fsp3) is 0.464. The molecule has 0 aromatic heterocycles. The van der Waals surface area contributed by atoms with Crippen molar-refractivity contribution in [3.63, 3.8) is 0 Å². The zero-order valence-electron chi connectivity index (χ0n) is 20.1. The second-order valence-corrected chi connectivity index (χ2v) is 10.7. The van der Waals surface area contributed by atoms with Gasteiger partial charge in [-0.15, -0.1) is 0 Å². The van der Waals surface area contributed by atoms with Crippen LogP contribution >= 0.6 is 0 Å². The largest absolute Gasteiger partial charge is 0.481 e. The van der Waals surface area contributed by atoms with Gasteiger partial charge in [0.1, 0.15) is 12.6 Å². The van der Waals surface area contributed by atoms with Crippen molar-refractivity contribution < 1.29 is 24.2 Å². The second kappa shape index (κ2) is 9.02. The molecule has 0 heterocycles. The van der Waals surface area contributed by atoms with Gasteiger partial charge < -0.3 is 20.5 Å². The van der Waals surface area contributed by atoms with Crippen molar-refractivity contribution in [2.75, 3.05) is 6.61 Å². The number of nitrogens with one attached hydrogen (secondary N) is 2. The molecule has 7 nitrogen and oxygen atoms in total. The monoisotopic (exact) mass is 476 g/mol. The van der Waals surface area contributed by atoms with E-state index in [4.69, 9.17) is 4.74 Å². The van der Waals surface area contributed by atoms with E-state index < -0.39 is 23.5 Å². The van der Waals surface area contributed by atoms with Gasteiger partial charge in [0.05, 0.1) is 5.41 Å². The first-order valence-corrected chi connectivity index (χ1v) is 12.4. The Balaban J connectivity index is 1.20. The molecule has 7 heteroatoms. The number of rotatable bonds is 8. The van der Waals surface area contributed by atoms with Gasteiger partial charge in [-0.3, -0.25) is 9.59 Å². The van der Waals surface area contributed by atoms with Crippen LogP contribution in [0.2, 0.25) is 0 Å². The average Bonchev–Trinajstić information content (AvgIpc) is 3.26. The normalized spacial score (nSPS) is 24.8. The lowest BCUT2D eigenvalue weighted by Gasteiger charge is -2.24. The minimum absolute atomic E-state index is 0.0528. The van der Waals surface area contributed by atoms with Crippen LogP contribution in [0.4, 0.5) is 4.79 Å². The first-order chi connectivity index (χ1) is 16.8. The van der Waals surface area contributed by atoms with Gasteiger partial charge in [0, 0.05) is 12.0 Å². The van der Waals surface area contributed by atoms with E-state index in [1.807, 2.05) is 38.1 Å². The average molecular weight is 477 g/mol. The number of benzene rings is 2. The van der Waals surface area contributed by atoms with E-state index in [2.05, 4.69) is 34.9 Å². The molecule has 184 valence electrons. The van der Waals surface area contributed by atoms with Gasteiger partial charge in [-0.1, -0.05) is 62.4 Å². The van der Waals surface area contributed by atoms with Gasteiger partial charge in [-0.05, 0) is 59.8 Å². The summed E-state index contributed by atoms with van der Waals surface area (Å²) in [7, 11) is 0. The predicted molar refractivity (Wildman–Crippen MR) is 131 cm³/mol. The molecule has 2 fully saturated rings. The van der Waals surface area contributed by atoms with Crippen LogP contribution in [0.15, 0.2) is 48.5 Å². The zero-order valence-corrected chi connectivity index (χ0v) is 20.1. The minimum Gasteiger partial charge on any atom is -0.481 e. The summed E-state index contributed by atoms with van der Waals surface area (Å²) < 4.78 is 5.64. The lowest BCUT2D eigenvalue weighted by Crippen LogP contribution is -2.50. The van der Waals surface area contributed by atoms with Gasteiger partial charge in [0.2, 0.25) is 5.91 Å². The third kappa shape index (κ3) is 4.40. The van der Waals surface area contributed by atoms with Gasteiger partial charge >= 0.3 is 12.1 Å². The van der Waals surface area contributed by atoms with E-state index in [-0.39, 0.29) is 36.3 Å². The van der Waals surface area contributed by atoms with Gasteiger partial charge in [0.25, 0.3) is 0 Å². The molecule has 2 amide bonds. The smallest absolute Gasteiger partial charge is 0.407 e. The molecule has 0 bridgehead atoms. The fourth-order valence-electron chi connectivity index (χ4n) is 6.05. The predicted octanol–water partition coefficient (Wildman–Crippen LogP) is 4.31. The van der Waals surface area contributed by atoms with E-state index in [1.54, 1.807) is 0 Å². The van der Waals surface area contributed by atoms with Gasteiger partial charge in [-0.25, -0.2) is 4.79 Å². The topological polar surface area (TPSA) is 105 Å². The number of alkyl carbamates (subject to hydrolysis) is 1. The third-order valence-electron chi connectivity index (χ3n) is 7.84. The molecule has 3 aliphatic carbocycles. The van der Waals surface area contributed by atoms with Crippen LogP contribution in [-0.2, 0) is 14.3 Å². The van der Waals surface area contributed by atoms with Crippen molar-refractivity contribution in [3.8, 4) is 11.1 Å². The number of amides is 2. The quantitative estimate of drug-likeness (QED) is 0.527. The molecule has 3 N–H and O–H groups in total. The lowest BCUT2D eigenvalue weighted by molar-refractivity contribution is -0.143. The van der Waals surface area contributed by atoms with Crippen molar-refractivity contribution in [1.82, 2.24) is 10.6 Å². The molecule has 3 aliphatic rings. The summed E-state index contributed by atoms with van der Waals surface area (Å²) in [6.07, 6.45) is 1.68. The number of carboxylic acids is 1. The summed E-state index contributed by atoms with van der Waals surface area (Å²) in [5.41, 5.74) is 3.91. The molecule has 35 heavy (non-hydrogen) atoms. The highest BCUT2D eigenvalue weighted by atomic mass is 16.5. The molecule has 0 saturated heterocycles. The van der Waals surface area contributed by atoms with Crippen molar-refractivity contribution in [1.29, 1.82) is 0 Å². The van der Waals surface area contributed by atoms with E-state index in [9.17, 15) is 19.5 Å². The van der Waals surface area contributed by atoms with Gasteiger partial charge in [0.15, 0.2) is 0 Å². The zero-order chi connectivity index (χ0) is 24.7. The van der Waals surface area contributed by atoms with Gasteiger partial charge in [-0.2, -0.15) is 0 Å². The Morgan fingerprint density at radius 3 is 2.23 bits per heavy atom. The first-order valence-electron chi connectivity index (χ1n) is 12.4. The molecule has 5 rings (SSSR count). The Bertz CT molecular complexity index is 1120. The number of hydrogen-bond donors (Lipinski definition) is 3. The number of aliphatic carboxylic acids is 1. The van der Waals surface area contributed by atoms with Crippen LogP contribution in [0.3, 0.4) is 0 Å². The summed E-state index contributed by atoms with van der Waals surface area (Å²) in [5.74, 6) is -0.775. The Morgan fingerprint density at radius 1 is 1.03 bits per heavy atom. The molecule has 2 saturated carbocycles. The Kier molecular flexibility index (Phi) is 6.03. The van der Waals surface area contributed by atoms with Crippen molar-refractivity contribution in [3.05, 3.63) is 59.7 Å². The molecular formula is C28H32N2O5. The summed E-state index contributed by atoms with van der Waals surface area (Å²) >= 11 is 0. The summed E-state index contributed by atoms with van der Waals surface area (Å²) in [6, 6.07) is 15.4. The van der Waals surface area contributed by atoms with Crippen LogP contribution < -0.4 is 10.6 Å². The Morgan fingerprint density at radius 2 is 1.66 bits per heavy atom. The molecule has 2 aromatic rings. The van der Waals surface area contributed by atoms with Crippen LogP contribution in [-0.4, -0.2) is 41.8 Å². The van der Waals surface area contributed by atoms with Crippen LogP contribution in [0.25, 0.3) is 11.1 Å². The molecule has 0 spiro atoms. The van der Waals surface area contributed by atoms with Crippen molar-refractivity contribution in [2.24, 2.45) is 17.3 Å². The van der Waals surface area contributed by atoms with Crippen molar-refractivity contribution >= 4 is 18.0 Å². The standard InChI is InChI=1S/C28H32N2O5/c1-16(2)11-24(25(31)29-18-12-17-13-28(17,14-18)26(32)33)30-27(34)35-15-23-21-9-5-3-7-19(21)20-8-4-6-10-22(20)23/h3-10,16-18,23-24H,11-15H2,1-2H3,(H,29,31)(H,30,34)(H,32,33)/t17-,18+,24+,28+/m0/s1. The van der Waals surface area contributed by atoms with E-state index in [0.29, 0.717) is 25.7 Å². The summed E-state index contributed by atoms with van der Waals surface area (Å²) in [4.78, 5) is 37.4. The summed E-state index contributed by atoms with van der Waals surface area (Å²) in [6.45, 7) is 4.16. The number of ether oxygens (including phenoxy) is 1. The molecule has 0 aliphatic heterocycles. The second-order valence-electron chi connectivity index (χ2n) is 10.7. The Labute approximate surface area is 205 Å². The SMILES string of the molecule is CC(C)C[C@@H](NC(=O)OCC1c2ccccc2-c2ccccc21)C(=O)N[C@@H]1C[C@H]2C[C@@]2(C(=O)O)C1. The number of hydrogen-bond acceptors (Lipinski definition) is 4. The van der Waals surface area contributed by atoms with Crippen LogP contribution in [0.1, 0.15) is 56.6 Å². The third-order valence-corrected chi connectivity index (χ3v) is 7.84. The highest BCUT2D eigenvalue weighted by molar-refractivity contribution is 5.86. The number of carbonyl (C=O) groups is 3. The molecule has 4 atom stereocenters. The number of fused-ring (bicyclic) bond motifs is 4. The molecular weight excluding hydrogens is 444 g/mol. The van der Waals surface area contributed by atoms with Crippen molar-refractivity contribution in [2.45, 2.75) is 57.5 Å². The highest BCUT2D eigenvalue weighted by Crippen LogP contribution is 2.63. The molecule has 0 radical (unpaired) electrons. The van der Waals surface area contributed by atoms with Crippen LogP contribution in [0, 0.1) is 17.3 Å². The fourth-order valence-corrected chi connectivity index (χ4v) is 6.05. The minimum atomic E-state index is -0.769. The van der Waals surface area contributed by atoms with E-state index >= 15 is 0 Å². The maximum absolute atomic E-state index is 13.0. The Hall–Kier alpha value is -3.35.